The van der Waals surface area contributed by atoms with Gasteiger partial charge in [0.2, 0.25) is 0 Å². The highest BCUT2D eigenvalue weighted by Gasteiger charge is 2.17. The molecule has 1 heterocycles. The van der Waals surface area contributed by atoms with Gasteiger partial charge in [-0.25, -0.2) is 12.8 Å². The first-order valence-corrected chi connectivity index (χ1v) is 12.0. The van der Waals surface area contributed by atoms with Gasteiger partial charge in [-0.3, -0.25) is 4.99 Å². The highest BCUT2D eigenvalue weighted by atomic mass is 127. The molecule has 2 N–H and O–H groups in total. The van der Waals surface area contributed by atoms with Crippen molar-refractivity contribution in [1.29, 1.82) is 0 Å². The largest absolute Gasteiger partial charge is 0.356 e. The van der Waals surface area contributed by atoms with E-state index in [4.69, 9.17) is 0 Å². The van der Waals surface area contributed by atoms with Gasteiger partial charge in [0.1, 0.15) is 5.82 Å². The fourth-order valence-electron chi connectivity index (χ4n) is 3.56. The lowest BCUT2D eigenvalue weighted by atomic mass is 10.0. The van der Waals surface area contributed by atoms with E-state index >= 15 is 0 Å². The Hall–Kier alpha value is -0.940. The van der Waals surface area contributed by atoms with E-state index in [-0.39, 0.29) is 35.5 Å². The molecule has 1 saturated heterocycles. The van der Waals surface area contributed by atoms with E-state index in [9.17, 15) is 12.8 Å². The predicted octanol–water partition coefficient (Wildman–Crippen LogP) is 2.92. The molecule has 0 amide bonds. The topological polar surface area (TPSA) is 73.8 Å². The lowest BCUT2D eigenvalue weighted by Gasteiger charge is -2.33. The second kappa shape index (κ2) is 12.7. The lowest BCUT2D eigenvalue weighted by molar-refractivity contribution is 0.159. The van der Waals surface area contributed by atoms with E-state index < -0.39 is 9.84 Å². The van der Waals surface area contributed by atoms with Crippen LogP contribution in [0.5, 0.6) is 0 Å². The summed E-state index contributed by atoms with van der Waals surface area (Å²) in [7, 11) is -1.50. The maximum absolute atomic E-state index is 13.6. The summed E-state index contributed by atoms with van der Waals surface area (Å²) in [6.07, 6.45) is 6.08. The van der Waals surface area contributed by atoms with Gasteiger partial charge in [0.05, 0.1) is 5.75 Å². The zero-order valence-corrected chi connectivity index (χ0v) is 20.7. The molecule has 29 heavy (non-hydrogen) atoms. The minimum atomic E-state index is -3.19. The molecule has 1 atom stereocenters. The highest BCUT2D eigenvalue weighted by molar-refractivity contribution is 14.0. The highest BCUT2D eigenvalue weighted by Crippen LogP contribution is 2.16. The van der Waals surface area contributed by atoms with Crippen molar-refractivity contribution < 1.29 is 12.8 Å². The summed E-state index contributed by atoms with van der Waals surface area (Å²) in [5, 5.41) is 6.43. The summed E-state index contributed by atoms with van der Waals surface area (Å²) in [5.41, 5.74) is 1.22. The van der Waals surface area contributed by atoms with Crippen LogP contribution in [0.2, 0.25) is 0 Å². The van der Waals surface area contributed by atoms with Crippen molar-refractivity contribution in [2.24, 2.45) is 4.99 Å². The number of rotatable bonds is 8. The number of piperidine rings is 1. The third kappa shape index (κ3) is 9.61. The van der Waals surface area contributed by atoms with Crippen LogP contribution < -0.4 is 10.6 Å². The number of halogens is 2. The molecule has 1 aromatic rings. The van der Waals surface area contributed by atoms with Crippen molar-refractivity contribution in [2.75, 3.05) is 32.9 Å². The van der Waals surface area contributed by atoms with Crippen molar-refractivity contribution in [3.8, 4) is 0 Å². The van der Waals surface area contributed by atoms with Crippen molar-refractivity contribution in [2.45, 2.75) is 50.9 Å². The van der Waals surface area contributed by atoms with Gasteiger partial charge in [0, 0.05) is 39.0 Å². The predicted molar refractivity (Wildman–Crippen MR) is 128 cm³/mol. The zero-order chi connectivity index (χ0) is 20.6. The van der Waals surface area contributed by atoms with Crippen LogP contribution in [0.1, 0.15) is 43.7 Å². The van der Waals surface area contributed by atoms with Crippen LogP contribution in [0.3, 0.4) is 0 Å². The van der Waals surface area contributed by atoms with Gasteiger partial charge >= 0.3 is 0 Å². The average molecular weight is 540 g/mol. The molecule has 1 aliphatic heterocycles. The Kier molecular flexibility index (Phi) is 11.4. The first kappa shape index (κ1) is 26.1. The van der Waals surface area contributed by atoms with Crippen LogP contribution in [0.15, 0.2) is 23.2 Å². The molecule has 1 fully saturated rings. The summed E-state index contributed by atoms with van der Waals surface area (Å²) in [6, 6.07) is 4.85. The molecule has 1 unspecified atom stereocenters. The minimum Gasteiger partial charge on any atom is -0.356 e. The number of hydrogen-bond donors (Lipinski definition) is 2. The molecule has 0 bridgehead atoms. The van der Waals surface area contributed by atoms with Gasteiger partial charge in [0.15, 0.2) is 15.8 Å². The molecule has 0 spiro atoms. The molecule has 0 aliphatic carbocycles. The number of guanidine groups is 1. The molecule has 6 nitrogen and oxygen atoms in total. The first-order chi connectivity index (χ1) is 13.3. The third-order valence-electron chi connectivity index (χ3n) is 5.11. The SMILES string of the molecule is CN=C(NCCCN1CCCCC1C)NCc1cc(F)ccc1CS(C)(=O)=O.I. The third-order valence-corrected chi connectivity index (χ3v) is 5.95. The van der Waals surface area contributed by atoms with Gasteiger partial charge in [-0.1, -0.05) is 12.5 Å². The molecular formula is C20H34FIN4O2S. The standard InChI is InChI=1S/C20H33FN4O2S.HI/c1-16-7-4-5-11-25(16)12-6-10-23-20(22-2)24-14-18-13-19(21)9-8-17(18)15-28(3,26)27;/h8-9,13,16H,4-7,10-12,14-15H2,1-3H3,(H2,22,23,24);1H. The van der Waals surface area contributed by atoms with Gasteiger partial charge in [-0.05, 0) is 56.0 Å². The number of hydrogen-bond acceptors (Lipinski definition) is 4. The molecular weight excluding hydrogens is 506 g/mol. The number of aliphatic imine (C=N–C) groups is 1. The molecule has 9 heteroatoms. The van der Waals surface area contributed by atoms with Crippen molar-refractivity contribution in [1.82, 2.24) is 15.5 Å². The Morgan fingerprint density at radius 1 is 1.28 bits per heavy atom. The summed E-state index contributed by atoms with van der Waals surface area (Å²) >= 11 is 0. The van der Waals surface area contributed by atoms with E-state index in [0.717, 1.165) is 19.5 Å². The molecule has 0 aromatic heterocycles. The Bertz CT molecular complexity index is 774. The Morgan fingerprint density at radius 3 is 2.69 bits per heavy atom. The normalized spacial score (nSPS) is 18.2. The van der Waals surface area contributed by atoms with Crippen LogP contribution in [0.4, 0.5) is 4.39 Å². The van der Waals surface area contributed by atoms with Crippen LogP contribution in [-0.4, -0.2) is 58.3 Å². The minimum absolute atomic E-state index is 0. The fourth-order valence-corrected chi connectivity index (χ4v) is 4.41. The van der Waals surface area contributed by atoms with Crippen LogP contribution in [0, 0.1) is 5.82 Å². The van der Waals surface area contributed by atoms with E-state index in [1.807, 2.05) is 0 Å². The van der Waals surface area contributed by atoms with E-state index in [1.165, 1.54) is 50.3 Å². The number of benzene rings is 1. The number of likely N-dealkylation sites (tertiary alicyclic amines) is 1. The Morgan fingerprint density at radius 2 is 2.03 bits per heavy atom. The van der Waals surface area contributed by atoms with Crippen molar-refractivity contribution in [3.63, 3.8) is 0 Å². The van der Waals surface area contributed by atoms with E-state index in [0.29, 0.717) is 29.7 Å². The second-order valence-electron chi connectivity index (χ2n) is 7.57. The zero-order valence-electron chi connectivity index (χ0n) is 17.6. The summed E-state index contributed by atoms with van der Waals surface area (Å²) in [6.45, 7) is 5.64. The van der Waals surface area contributed by atoms with Crippen LogP contribution in [-0.2, 0) is 22.1 Å². The Balaban J connectivity index is 0.00000420. The fraction of sp³-hybridized carbons (Fsp3) is 0.650. The lowest BCUT2D eigenvalue weighted by Crippen LogP contribution is -2.41. The molecule has 0 saturated carbocycles. The quantitative estimate of drug-likeness (QED) is 0.230. The summed E-state index contributed by atoms with van der Waals surface area (Å²) in [5.74, 6) is 0.138. The van der Waals surface area contributed by atoms with Crippen LogP contribution in [0.25, 0.3) is 0 Å². The monoisotopic (exact) mass is 540 g/mol. The summed E-state index contributed by atoms with van der Waals surface area (Å²) in [4.78, 5) is 6.73. The molecule has 166 valence electrons. The van der Waals surface area contributed by atoms with Crippen molar-refractivity contribution >= 4 is 39.8 Å². The molecule has 1 aliphatic rings. The van der Waals surface area contributed by atoms with Gasteiger partial charge in [0.25, 0.3) is 0 Å². The first-order valence-electron chi connectivity index (χ1n) is 9.92. The molecule has 1 aromatic carbocycles. The number of nitrogens with one attached hydrogen (secondary N) is 2. The second-order valence-corrected chi connectivity index (χ2v) is 9.71. The summed E-state index contributed by atoms with van der Waals surface area (Å²) < 4.78 is 36.8. The van der Waals surface area contributed by atoms with Crippen LogP contribution >= 0.6 is 24.0 Å². The van der Waals surface area contributed by atoms with E-state index in [1.54, 1.807) is 7.05 Å². The maximum atomic E-state index is 13.6. The van der Waals surface area contributed by atoms with Gasteiger partial charge in [-0.2, -0.15) is 0 Å². The smallest absolute Gasteiger partial charge is 0.191 e. The molecule has 0 radical (unpaired) electrons. The number of nitrogens with zero attached hydrogens (tertiary/aromatic N) is 2. The molecule has 2 rings (SSSR count). The number of sulfone groups is 1. The van der Waals surface area contributed by atoms with Crippen molar-refractivity contribution in [3.05, 3.63) is 35.1 Å². The van der Waals surface area contributed by atoms with Gasteiger partial charge in [-0.15, -0.1) is 24.0 Å². The Labute approximate surface area is 191 Å². The average Bonchev–Trinajstić information content (AvgIpc) is 2.63. The maximum Gasteiger partial charge on any atom is 0.191 e. The van der Waals surface area contributed by atoms with Gasteiger partial charge < -0.3 is 15.5 Å². The van der Waals surface area contributed by atoms with E-state index in [2.05, 4.69) is 27.4 Å².